The van der Waals surface area contributed by atoms with Gasteiger partial charge in [0.2, 0.25) is 0 Å². The Bertz CT molecular complexity index is 312. The van der Waals surface area contributed by atoms with Gasteiger partial charge in [0.05, 0.1) is 0 Å². The van der Waals surface area contributed by atoms with E-state index in [0.717, 1.165) is 12.8 Å². The van der Waals surface area contributed by atoms with Crippen molar-refractivity contribution in [3.8, 4) is 0 Å². The minimum atomic E-state index is -2.45. The van der Waals surface area contributed by atoms with Gasteiger partial charge >= 0.3 is 6.03 Å². The lowest BCUT2D eigenvalue weighted by Crippen LogP contribution is -2.46. The summed E-state index contributed by atoms with van der Waals surface area (Å²) in [5.74, 6) is 0.421. The molecule has 136 valence electrons. The zero-order chi connectivity index (χ0) is 16.9. The lowest BCUT2D eigenvalue weighted by atomic mass is 9.90. The number of urea groups is 1. The van der Waals surface area contributed by atoms with Crippen LogP contribution in [0.25, 0.3) is 0 Å². The van der Waals surface area contributed by atoms with Gasteiger partial charge < -0.3 is 20.5 Å². The van der Waals surface area contributed by atoms with Crippen molar-refractivity contribution in [1.82, 2.24) is 10.6 Å². The van der Waals surface area contributed by atoms with Gasteiger partial charge in [-0.15, -0.1) is 0 Å². The summed E-state index contributed by atoms with van der Waals surface area (Å²) in [6, 6.07) is -0.269. The molecule has 0 radical (unpaired) electrons. The fourth-order valence-corrected chi connectivity index (χ4v) is 3.05. The second kappa shape index (κ2) is 12.5. The van der Waals surface area contributed by atoms with Gasteiger partial charge in [-0.3, -0.25) is 0 Å². The molecule has 0 bridgehead atoms. The quantitative estimate of drug-likeness (QED) is 0.424. The van der Waals surface area contributed by atoms with Crippen molar-refractivity contribution < 1.29 is 23.4 Å². The molecule has 3 N–H and O–H groups in total. The van der Waals surface area contributed by atoms with Gasteiger partial charge in [0.1, 0.15) is 6.61 Å². The summed E-state index contributed by atoms with van der Waals surface area (Å²) >= 11 is 0. The van der Waals surface area contributed by atoms with Crippen LogP contribution in [0.5, 0.6) is 0 Å². The van der Waals surface area contributed by atoms with E-state index in [1.54, 1.807) is 0 Å². The van der Waals surface area contributed by atoms with Crippen molar-refractivity contribution in [1.29, 1.82) is 0 Å². The third-order valence-corrected chi connectivity index (χ3v) is 4.22. The average molecular weight is 336 g/mol. The maximum absolute atomic E-state index is 11.9. The fourth-order valence-electron chi connectivity index (χ4n) is 3.05. The molecule has 23 heavy (non-hydrogen) atoms. The number of carbonyl (C=O) groups excluding carboxylic acids is 1. The van der Waals surface area contributed by atoms with Crippen LogP contribution in [0.1, 0.15) is 51.4 Å². The minimum absolute atomic E-state index is 0.00631. The van der Waals surface area contributed by atoms with Crippen molar-refractivity contribution in [2.45, 2.75) is 63.8 Å². The van der Waals surface area contributed by atoms with Gasteiger partial charge in [-0.05, 0) is 31.6 Å². The van der Waals surface area contributed by atoms with Crippen LogP contribution in [-0.4, -0.2) is 50.0 Å². The number of aliphatic hydroxyl groups excluding tert-OH is 1. The molecule has 0 heterocycles. The molecule has 0 aromatic rings. The second-order valence-electron chi connectivity index (χ2n) is 6.09. The predicted octanol–water partition coefficient (Wildman–Crippen LogP) is 2.68. The van der Waals surface area contributed by atoms with E-state index >= 15 is 0 Å². The molecule has 0 aliphatic heterocycles. The zero-order valence-corrected chi connectivity index (χ0v) is 13.7. The first-order valence-electron chi connectivity index (χ1n) is 8.64. The van der Waals surface area contributed by atoms with Crippen molar-refractivity contribution >= 4 is 6.03 Å². The van der Waals surface area contributed by atoms with Crippen LogP contribution in [-0.2, 0) is 4.74 Å². The Balaban J connectivity index is 2.22. The summed E-state index contributed by atoms with van der Waals surface area (Å²) in [7, 11) is 0. The molecule has 7 heteroatoms. The molecule has 1 aliphatic rings. The molecule has 0 aromatic heterocycles. The lowest BCUT2D eigenvalue weighted by Gasteiger charge is -2.26. The normalized spacial score (nSPS) is 17.7. The highest BCUT2D eigenvalue weighted by Gasteiger charge is 2.23. The number of aliphatic hydroxyl groups is 1. The molecule has 1 unspecified atom stereocenters. The maximum Gasteiger partial charge on any atom is 0.315 e. The first kappa shape index (κ1) is 20.1. The number of rotatable bonds is 10. The van der Waals surface area contributed by atoms with Gasteiger partial charge in [-0.1, -0.05) is 25.7 Å². The van der Waals surface area contributed by atoms with Crippen LogP contribution in [0, 0.1) is 5.92 Å². The second-order valence-corrected chi connectivity index (χ2v) is 6.09. The van der Waals surface area contributed by atoms with E-state index in [9.17, 15) is 18.7 Å². The van der Waals surface area contributed by atoms with E-state index in [1.165, 1.54) is 25.7 Å². The lowest BCUT2D eigenvalue weighted by molar-refractivity contribution is 0.0169. The molecule has 2 amide bonds. The van der Waals surface area contributed by atoms with E-state index < -0.39 is 13.0 Å². The molecule has 1 atom stereocenters. The van der Waals surface area contributed by atoms with Gasteiger partial charge in [0, 0.05) is 25.8 Å². The predicted molar refractivity (Wildman–Crippen MR) is 84.7 cm³/mol. The number of nitrogens with one attached hydrogen (secondary N) is 2. The van der Waals surface area contributed by atoms with Crippen LogP contribution in [0.3, 0.4) is 0 Å². The summed E-state index contributed by atoms with van der Waals surface area (Å²) in [6.07, 6.45) is 5.63. The molecule has 1 rings (SSSR count). The van der Waals surface area contributed by atoms with Crippen LogP contribution >= 0.6 is 0 Å². The van der Waals surface area contributed by atoms with Crippen LogP contribution in [0.4, 0.5) is 13.6 Å². The molecule has 0 saturated heterocycles. The van der Waals surface area contributed by atoms with E-state index in [-0.39, 0.29) is 25.3 Å². The van der Waals surface area contributed by atoms with Gasteiger partial charge in [0.15, 0.2) is 0 Å². The van der Waals surface area contributed by atoms with E-state index in [2.05, 4.69) is 10.6 Å². The molecule has 1 fully saturated rings. The number of hydrogen-bond acceptors (Lipinski definition) is 3. The van der Waals surface area contributed by atoms with E-state index in [4.69, 9.17) is 4.74 Å². The summed E-state index contributed by atoms with van der Waals surface area (Å²) in [5.41, 5.74) is 0. The molecule has 0 spiro atoms. The fraction of sp³-hybridized carbons (Fsp3) is 0.938. The van der Waals surface area contributed by atoms with E-state index in [1.807, 2.05) is 0 Å². The topological polar surface area (TPSA) is 70.6 Å². The van der Waals surface area contributed by atoms with Crippen LogP contribution < -0.4 is 10.6 Å². The van der Waals surface area contributed by atoms with Crippen molar-refractivity contribution in [2.75, 3.05) is 26.4 Å². The number of ether oxygens (including phenoxy) is 1. The van der Waals surface area contributed by atoms with Gasteiger partial charge in [0.25, 0.3) is 6.43 Å². The first-order chi connectivity index (χ1) is 11.1. The molecule has 0 aromatic carbocycles. The highest BCUT2D eigenvalue weighted by Crippen LogP contribution is 2.26. The Morgan fingerprint density at radius 2 is 1.91 bits per heavy atom. The third-order valence-electron chi connectivity index (χ3n) is 4.22. The number of amides is 2. The summed E-state index contributed by atoms with van der Waals surface area (Å²) < 4.78 is 28.5. The third kappa shape index (κ3) is 9.71. The molecule has 1 aliphatic carbocycles. The van der Waals surface area contributed by atoms with Crippen molar-refractivity contribution in [3.05, 3.63) is 0 Å². The molecular weight excluding hydrogens is 306 g/mol. The largest absolute Gasteiger partial charge is 0.396 e. The Kier molecular flexibility index (Phi) is 10.9. The van der Waals surface area contributed by atoms with Crippen molar-refractivity contribution in [2.24, 2.45) is 5.92 Å². The molecule has 1 saturated carbocycles. The van der Waals surface area contributed by atoms with Crippen LogP contribution in [0.2, 0.25) is 0 Å². The number of alkyl halides is 2. The van der Waals surface area contributed by atoms with Gasteiger partial charge in [-0.2, -0.15) is 0 Å². The summed E-state index contributed by atoms with van der Waals surface area (Å²) in [6.45, 7) is 0.0776. The highest BCUT2D eigenvalue weighted by atomic mass is 19.3. The first-order valence-corrected chi connectivity index (χ1v) is 8.64. The van der Waals surface area contributed by atoms with Gasteiger partial charge in [-0.25, -0.2) is 13.6 Å². The smallest absolute Gasteiger partial charge is 0.315 e. The Hall–Kier alpha value is -0.950. The number of carbonyl (C=O) groups is 1. The maximum atomic E-state index is 11.9. The number of hydrogen-bond donors (Lipinski definition) is 3. The zero-order valence-electron chi connectivity index (χ0n) is 13.7. The number of halogens is 2. The highest BCUT2D eigenvalue weighted by molar-refractivity contribution is 5.74. The Morgan fingerprint density at radius 3 is 2.52 bits per heavy atom. The molecule has 5 nitrogen and oxygen atoms in total. The Morgan fingerprint density at radius 1 is 1.22 bits per heavy atom. The average Bonchev–Trinajstić information content (AvgIpc) is 2.79. The van der Waals surface area contributed by atoms with Crippen LogP contribution in [0.15, 0.2) is 0 Å². The molecular formula is C16H30F2N2O3. The van der Waals surface area contributed by atoms with Crippen molar-refractivity contribution in [3.63, 3.8) is 0 Å². The van der Waals surface area contributed by atoms with E-state index in [0.29, 0.717) is 25.3 Å². The SMILES string of the molecule is O=C(NCCCOCC(F)F)NC(CCO)C1CCCCCC1. The summed E-state index contributed by atoms with van der Waals surface area (Å²) in [5, 5.41) is 14.9. The summed E-state index contributed by atoms with van der Waals surface area (Å²) in [4.78, 5) is 11.9. The standard InChI is InChI=1S/C16H30F2N2O3/c17-15(18)12-23-11-5-9-19-16(22)20-14(8-10-21)13-6-3-1-2-4-7-13/h13-15,21H,1-12H2,(H2,19,20,22). The Labute approximate surface area is 137 Å². The minimum Gasteiger partial charge on any atom is -0.396 e. The monoisotopic (exact) mass is 336 g/mol.